The largest absolute Gasteiger partial charge is 0.480 e. The Bertz CT molecular complexity index is 240. The van der Waals surface area contributed by atoms with Crippen molar-refractivity contribution in [1.29, 1.82) is 0 Å². The van der Waals surface area contributed by atoms with Gasteiger partial charge in [-0.2, -0.15) is 0 Å². The predicted molar refractivity (Wildman–Crippen MR) is 47.9 cm³/mol. The number of hydrogen-bond donors (Lipinski definition) is 2. The zero-order valence-corrected chi connectivity index (χ0v) is 7.70. The maximum atomic E-state index is 10.7. The zero-order chi connectivity index (χ0) is 10.4. The van der Waals surface area contributed by atoms with Gasteiger partial charge in [-0.05, 0) is 18.3 Å². The average Bonchev–Trinajstić information content (AvgIpc) is 2.02. The van der Waals surface area contributed by atoms with E-state index in [0.29, 0.717) is 6.42 Å². The Kier molecular flexibility index (Phi) is 4.60. The van der Waals surface area contributed by atoms with E-state index >= 15 is 0 Å². The molecule has 0 rings (SSSR count). The molecular formula is C9H13NO3. The van der Waals surface area contributed by atoms with E-state index in [1.165, 1.54) is 0 Å². The predicted octanol–water partition coefficient (Wildman–Crippen LogP) is 0.235. The van der Waals surface area contributed by atoms with Gasteiger partial charge in [0.1, 0.15) is 6.04 Å². The Labute approximate surface area is 77.3 Å². The lowest BCUT2D eigenvalue weighted by atomic mass is 10.0. The SMILES string of the molecule is C#CC(=O)NC(CC(C)C)C(=O)O. The van der Waals surface area contributed by atoms with Crippen molar-refractivity contribution >= 4 is 11.9 Å². The van der Waals surface area contributed by atoms with Gasteiger partial charge in [0.25, 0.3) is 5.91 Å². The molecule has 0 aliphatic rings. The van der Waals surface area contributed by atoms with Gasteiger partial charge in [0.15, 0.2) is 0 Å². The van der Waals surface area contributed by atoms with Crippen LogP contribution in [0.2, 0.25) is 0 Å². The topological polar surface area (TPSA) is 66.4 Å². The summed E-state index contributed by atoms with van der Waals surface area (Å²) in [5.41, 5.74) is 0. The molecule has 0 aromatic heterocycles. The van der Waals surface area contributed by atoms with Gasteiger partial charge in [0.2, 0.25) is 0 Å². The quantitative estimate of drug-likeness (QED) is 0.613. The number of aliphatic carboxylic acids is 1. The molecule has 0 aromatic carbocycles. The van der Waals surface area contributed by atoms with E-state index < -0.39 is 17.9 Å². The highest BCUT2D eigenvalue weighted by Gasteiger charge is 2.19. The number of carboxylic acids is 1. The minimum Gasteiger partial charge on any atom is -0.480 e. The summed E-state index contributed by atoms with van der Waals surface area (Å²) in [6.07, 6.45) is 5.17. The van der Waals surface area contributed by atoms with E-state index in [4.69, 9.17) is 11.5 Å². The maximum absolute atomic E-state index is 10.7. The molecule has 0 saturated heterocycles. The van der Waals surface area contributed by atoms with Gasteiger partial charge in [-0.25, -0.2) is 4.79 Å². The number of hydrogen-bond acceptors (Lipinski definition) is 2. The molecule has 1 atom stereocenters. The van der Waals surface area contributed by atoms with Crippen LogP contribution in [0, 0.1) is 18.3 Å². The Morgan fingerprint density at radius 2 is 2.08 bits per heavy atom. The van der Waals surface area contributed by atoms with Crippen LogP contribution in [0.3, 0.4) is 0 Å². The third-order valence-electron chi connectivity index (χ3n) is 1.44. The standard InChI is InChI=1S/C9H13NO3/c1-4-8(11)10-7(9(12)13)5-6(2)3/h1,6-7H,5H2,2-3H3,(H,10,11)(H,12,13). The van der Waals surface area contributed by atoms with Crippen molar-refractivity contribution in [2.75, 3.05) is 0 Å². The summed E-state index contributed by atoms with van der Waals surface area (Å²) in [6, 6.07) is -0.886. The summed E-state index contributed by atoms with van der Waals surface area (Å²) < 4.78 is 0. The lowest BCUT2D eigenvalue weighted by Gasteiger charge is -2.14. The van der Waals surface area contributed by atoms with Crippen molar-refractivity contribution < 1.29 is 14.7 Å². The van der Waals surface area contributed by atoms with Crippen molar-refractivity contribution in [2.24, 2.45) is 5.92 Å². The van der Waals surface area contributed by atoms with Gasteiger partial charge in [0, 0.05) is 0 Å². The molecule has 1 amide bonds. The van der Waals surface area contributed by atoms with Crippen LogP contribution in [0.1, 0.15) is 20.3 Å². The van der Waals surface area contributed by atoms with Crippen molar-refractivity contribution in [3.8, 4) is 12.3 Å². The molecule has 0 aliphatic carbocycles. The van der Waals surface area contributed by atoms with Crippen molar-refractivity contribution in [2.45, 2.75) is 26.3 Å². The maximum Gasteiger partial charge on any atom is 0.326 e. The van der Waals surface area contributed by atoms with Crippen molar-refractivity contribution in [1.82, 2.24) is 5.32 Å². The molecule has 72 valence electrons. The van der Waals surface area contributed by atoms with Gasteiger partial charge >= 0.3 is 5.97 Å². The summed E-state index contributed by atoms with van der Waals surface area (Å²) in [5, 5.41) is 10.9. The van der Waals surface area contributed by atoms with Crippen LogP contribution in [-0.4, -0.2) is 23.0 Å². The smallest absolute Gasteiger partial charge is 0.326 e. The molecular weight excluding hydrogens is 170 g/mol. The Balaban J connectivity index is 4.20. The first kappa shape index (κ1) is 11.5. The lowest BCUT2D eigenvalue weighted by Crippen LogP contribution is -2.40. The van der Waals surface area contributed by atoms with Crippen LogP contribution in [0.4, 0.5) is 0 Å². The molecule has 0 aliphatic heterocycles. The lowest BCUT2D eigenvalue weighted by molar-refractivity contribution is -0.141. The molecule has 1 unspecified atom stereocenters. The number of terminal acetylenes is 1. The number of amides is 1. The second-order valence-corrected chi connectivity index (χ2v) is 3.14. The molecule has 0 heterocycles. The van der Waals surface area contributed by atoms with Gasteiger partial charge in [-0.3, -0.25) is 4.79 Å². The molecule has 0 bridgehead atoms. The molecule has 13 heavy (non-hydrogen) atoms. The third-order valence-corrected chi connectivity index (χ3v) is 1.44. The van der Waals surface area contributed by atoms with Crippen LogP contribution >= 0.6 is 0 Å². The van der Waals surface area contributed by atoms with E-state index in [0.717, 1.165) is 0 Å². The normalized spacial score (nSPS) is 11.8. The fourth-order valence-electron chi connectivity index (χ4n) is 0.893. The highest BCUT2D eigenvalue weighted by atomic mass is 16.4. The summed E-state index contributed by atoms with van der Waals surface area (Å²) in [5.74, 6) is 0.259. The molecule has 0 spiro atoms. The minimum atomic E-state index is -1.06. The number of nitrogens with one attached hydrogen (secondary N) is 1. The summed E-state index contributed by atoms with van der Waals surface area (Å²) in [4.78, 5) is 21.3. The number of carboxylic acid groups (broad SMARTS) is 1. The minimum absolute atomic E-state index is 0.194. The average molecular weight is 183 g/mol. The van der Waals surface area contributed by atoms with E-state index in [1.54, 1.807) is 0 Å². The number of rotatable bonds is 4. The van der Waals surface area contributed by atoms with Gasteiger partial charge < -0.3 is 10.4 Å². The van der Waals surface area contributed by atoms with Gasteiger partial charge in [0.05, 0.1) is 0 Å². The molecule has 4 heteroatoms. The van der Waals surface area contributed by atoms with E-state index in [1.807, 2.05) is 19.8 Å². The summed E-state index contributed by atoms with van der Waals surface area (Å²) >= 11 is 0. The highest BCUT2D eigenvalue weighted by Crippen LogP contribution is 2.04. The first-order valence-corrected chi connectivity index (χ1v) is 3.97. The van der Waals surface area contributed by atoms with E-state index in [2.05, 4.69) is 5.32 Å². The number of carbonyl (C=O) groups is 2. The van der Waals surface area contributed by atoms with Crippen molar-refractivity contribution in [3.05, 3.63) is 0 Å². The summed E-state index contributed by atoms with van der Waals surface area (Å²) in [6.45, 7) is 3.75. The monoisotopic (exact) mass is 183 g/mol. The second-order valence-electron chi connectivity index (χ2n) is 3.14. The second kappa shape index (κ2) is 5.20. The van der Waals surface area contributed by atoms with E-state index in [9.17, 15) is 9.59 Å². The Morgan fingerprint density at radius 1 is 1.54 bits per heavy atom. The molecule has 4 nitrogen and oxygen atoms in total. The number of carbonyl (C=O) groups excluding carboxylic acids is 1. The summed E-state index contributed by atoms with van der Waals surface area (Å²) in [7, 11) is 0. The molecule has 0 fully saturated rings. The molecule has 0 saturated carbocycles. The van der Waals surface area contributed by atoms with E-state index in [-0.39, 0.29) is 5.92 Å². The Hall–Kier alpha value is -1.50. The first-order valence-electron chi connectivity index (χ1n) is 3.97. The third kappa shape index (κ3) is 4.86. The molecule has 0 aromatic rings. The van der Waals surface area contributed by atoms with Gasteiger partial charge in [-0.1, -0.05) is 13.8 Å². The Morgan fingerprint density at radius 3 is 2.38 bits per heavy atom. The molecule has 0 radical (unpaired) electrons. The van der Waals surface area contributed by atoms with Crippen LogP contribution in [0.25, 0.3) is 0 Å². The van der Waals surface area contributed by atoms with Crippen LogP contribution in [0.5, 0.6) is 0 Å². The zero-order valence-electron chi connectivity index (χ0n) is 7.70. The van der Waals surface area contributed by atoms with Crippen LogP contribution in [-0.2, 0) is 9.59 Å². The van der Waals surface area contributed by atoms with Crippen molar-refractivity contribution in [3.63, 3.8) is 0 Å². The first-order chi connectivity index (χ1) is 5.97. The fraction of sp³-hybridized carbons (Fsp3) is 0.556. The highest BCUT2D eigenvalue weighted by molar-refractivity contribution is 5.95. The van der Waals surface area contributed by atoms with Crippen LogP contribution < -0.4 is 5.32 Å². The van der Waals surface area contributed by atoms with Crippen LogP contribution in [0.15, 0.2) is 0 Å². The fourth-order valence-corrected chi connectivity index (χ4v) is 0.893. The molecule has 2 N–H and O–H groups in total. The van der Waals surface area contributed by atoms with Gasteiger partial charge in [-0.15, -0.1) is 6.42 Å².